The van der Waals surface area contributed by atoms with Crippen molar-refractivity contribution in [1.29, 1.82) is 0 Å². The number of benzene rings is 1. The molecule has 0 saturated carbocycles. The zero-order chi connectivity index (χ0) is 18.1. The SMILES string of the molecule is Cc1cccc(N2CCN(C(=O)c3c(C)cc(C)n(C)c3=O)CC2)c1. The van der Waals surface area contributed by atoms with Crippen molar-refractivity contribution in [1.82, 2.24) is 9.47 Å². The summed E-state index contributed by atoms with van der Waals surface area (Å²) in [5.74, 6) is -0.151. The first-order valence-corrected chi connectivity index (χ1v) is 8.66. The molecule has 0 unspecified atom stereocenters. The Morgan fingerprint density at radius 2 is 1.68 bits per heavy atom. The van der Waals surface area contributed by atoms with Gasteiger partial charge in [0.05, 0.1) is 0 Å². The molecule has 5 heteroatoms. The molecule has 1 aliphatic heterocycles. The van der Waals surface area contributed by atoms with Crippen LogP contribution in [0.25, 0.3) is 0 Å². The lowest BCUT2D eigenvalue weighted by atomic mass is 10.1. The van der Waals surface area contributed by atoms with E-state index in [-0.39, 0.29) is 11.5 Å². The highest BCUT2D eigenvalue weighted by Gasteiger charge is 2.26. The van der Waals surface area contributed by atoms with Crippen molar-refractivity contribution in [3.63, 3.8) is 0 Å². The van der Waals surface area contributed by atoms with Crippen molar-refractivity contribution in [3.8, 4) is 0 Å². The van der Waals surface area contributed by atoms with Crippen LogP contribution >= 0.6 is 0 Å². The van der Waals surface area contributed by atoms with Crippen LogP contribution in [0.5, 0.6) is 0 Å². The summed E-state index contributed by atoms with van der Waals surface area (Å²) >= 11 is 0. The minimum absolute atomic E-state index is 0.151. The largest absolute Gasteiger partial charge is 0.368 e. The zero-order valence-corrected chi connectivity index (χ0v) is 15.4. The molecule has 5 nitrogen and oxygen atoms in total. The Kier molecular flexibility index (Phi) is 4.66. The van der Waals surface area contributed by atoms with E-state index in [2.05, 4.69) is 36.1 Å². The van der Waals surface area contributed by atoms with Gasteiger partial charge in [-0.1, -0.05) is 12.1 Å². The molecule has 1 fully saturated rings. The summed E-state index contributed by atoms with van der Waals surface area (Å²) in [5, 5.41) is 0. The molecule has 1 aromatic heterocycles. The fourth-order valence-corrected chi connectivity index (χ4v) is 3.39. The fourth-order valence-electron chi connectivity index (χ4n) is 3.39. The van der Waals surface area contributed by atoms with E-state index in [0.29, 0.717) is 18.7 Å². The monoisotopic (exact) mass is 339 g/mol. The van der Waals surface area contributed by atoms with Crippen LogP contribution in [0.3, 0.4) is 0 Å². The normalized spacial score (nSPS) is 14.7. The number of piperazine rings is 1. The number of carbonyl (C=O) groups is 1. The molecule has 1 aliphatic rings. The first-order chi connectivity index (χ1) is 11.9. The van der Waals surface area contributed by atoms with Crippen molar-refractivity contribution >= 4 is 11.6 Å². The standard InChI is InChI=1S/C20H25N3O2/c1-14-6-5-7-17(12-14)22-8-10-23(11-9-22)20(25)18-15(2)13-16(3)21(4)19(18)24/h5-7,12-13H,8-11H2,1-4H3. The van der Waals surface area contributed by atoms with Gasteiger partial charge in [0.15, 0.2) is 0 Å². The molecule has 1 amide bonds. The number of hydrogen-bond acceptors (Lipinski definition) is 3. The molecule has 0 radical (unpaired) electrons. The van der Waals surface area contributed by atoms with Crippen LogP contribution in [0.4, 0.5) is 5.69 Å². The van der Waals surface area contributed by atoms with Gasteiger partial charge in [-0.3, -0.25) is 9.59 Å². The molecule has 0 aliphatic carbocycles. The second kappa shape index (κ2) is 6.75. The van der Waals surface area contributed by atoms with E-state index in [9.17, 15) is 9.59 Å². The maximum absolute atomic E-state index is 12.9. The maximum atomic E-state index is 12.9. The van der Waals surface area contributed by atoms with E-state index in [1.807, 2.05) is 19.9 Å². The van der Waals surface area contributed by atoms with Gasteiger partial charge in [-0.25, -0.2) is 0 Å². The van der Waals surface area contributed by atoms with Gasteiger partial charge in [0, 0.05) is 44.6 Å². The van der Waals surface area contributed by atoms with Crippen LogP contribution in [-0.4, -0.2) is 41.6 Å². The Labute approximate surface area is 148 Å². The van der Waals surface area contributed by atoms with E-state index < -0.39 is 0 Å². The number of anilines is 1. The van der Waals surface area contributed by atoms with Crippen molar-refractivity contribution in [3.05, 3.63) is 63.1 Å². The van der Waals surface area contributed by atoms with Crippen molar-refractivity contribution in [2.75, 3.05) is 31.1 Å². The van der Waals surface area contributed by atoms with Crippen LogP contribution in [-0.2, 0) is 7.05 Å². The van der Waals surface area contributed by atoms with Crippen LogP contribution in [0.15, 0.2) is 35.1 Å². The van der Waals surface area contributed by atoms with E-state index in [4.69, 9.17) is 0 Å². The molecule has 1 aromatic carbocycles. The van der Waals surface area contributed by atoms with Gasteiger partial charge < -0.3 is 14.4 Å². The van der Waals surface area contributed by atoms with Gasteiger partial charge in [0.25, 0.3) is 11.5 Å². The Hall–Kier alpha value is -2.56. The molecular weight excluding hydrogens is 314 g/mol. The molecule has 0 bridgehead atoms. The summed E-state index contributed by atoms with van der Waals surface area (Å²) in [6.07, 6.45) is 0. The molecule has 3 rings (SSSR count). The van der Waals surface area contributed by atoms with E-state index in [1.54, 1.807) is 16.5 Å². The van der Waals surface area contributed by atoms with Crippen molar-refractivity contribution < 1.29 is 4.79 Å². The molecule has 1 saturated heterocycles. The van der Waals surface area contributed by atoms with Gasteiger partial charge in [-0.15, -0.1) is 0 Å². The number of amides is 1. The van der Waals surface area contributed by atoms with Gasteiger partial charge in [-0.05, 0) is 50.1 Å². The average Bonchev–Trinajstić information content (AvgIpc) is 2.60. The van der Waals surface area contributed by atoms with E-state index in [0.717, 1.165) is 24.3 Å². The Balaban J connectivity index is 1.77. The second-order valence-corrected chi connectivity index (χ2v) is 6.83. The van der Waals surface area contributed by atoms with E-state index >= 15 is 0 Å². The van der Waals surface area contributed by atoms with Gasteiger partial charge in [-0.2, -0.15) is 0 Å². The smallest absolute Gasteiger partial charge is 0.263 e. The molecule has 2 aromatic rings. The summed E-state index contributed by atoms with van der Waals surface area (Å²) in [5.41, 5.74) is 4.14. The molecule has 25 heavy (non-hydrogen) atoms. The Morgan fingerprint density at radius 3 is 2.32 bits per heavy atom. The van der Waals surface area contributed by atoms with E-state index in [1.165, 1.54) is 11.3 Å². The summed E-state index contributed by atoms with van der Waals surface area (Å²) in [7, 11) is 1.71. The van der Waals surface area contributed by atoms with Gasteiger partial charge >= 0.3 is 0 Å². The predicted octanol–water partition coefficient (Wildman–Crippen LogP) is 2.27. The third kappa shape index (κ3) is 3.31. The highest BCUT2D eigenvalue weighted by Crippen LogP contribution is 2.19. The minimum Gasteiger partial charge on any atom is -0.368 e. The third-order valence-corrected chi connectivity index (χ3v) is 5.01. The number of aryl methyl sites for hydroxylation is 3. The highest BCUT2D eigenvalue weighted by molar-refractivity contribution is 5.95. The second-order valence-electron chi connectivity index (χ2n) is 6.83. The van der Waals surface area contributed by atoms with Gasteiger partial charge in [0.1, 0.15) is 5.56 Å². The number of aromatic nitrogens is 1. The van der Waals surface area contributed by atoms with Crippen LogP contribution < -0.4 is 10.5 Å². The van der Waals surface area contributed by atoms with Crippen LogP contribution in [0.1, 0.15) is 27.2 Å². The number of nitrogens with zero attached hydrogens (tertiary/aromatic N) is 3. The predicted molar refractivity (Wildman–Crippen MR) is 100 cm³/mol. The highest BCUT2D eigenvalue weighted by atomic mass is 16.2. The molecule has 2 heterocycles. The van der Waals surface area contributed by atoms with Crippen molar-refractivity contribution in [2.45, 2.75) is 20.8 Å². The summed E-state index contributed by atoms with van der Waals surface area (Å²) in [4.78, 5) is 29.5. The molecule has 0 spiro atoms. The number of hydrogen-bond donors (Lipinski definition) is 0. The number of rotatable bonds is 2. The van der Waals surface area contributed by atoms with Crippen LogP contribution in [0.2, 0.25) is 0 Å². The first kappa shape index (κ1) is 17.3. The lowest BCUT2D eigenvalue weighted by molar-refractivity contribution is 0.0743. The molecule has 0 N–H and O–H groups in total. The fraction of sp³-hybridized carbons (Fsp3) is 0.400. The maximum Gasteiger partial charge on any atom is 0.263 e. The minimum atomic E-state index is -0.205. The molecular formula is C20H25N3O2. The molecule has 0 atom stereocenters. The zero-order valence-electron chi connectivity index (χ0n) is 15.4. The van der Waals surface area contributed by atoms with Crippen LogP contribution in [0, 0.1) is 20.8 Å². The number of pyridine rings is 1. The topological polar surface area (TPSA) is 45.5 Å². The summed E-state index contributed by atoms with van der Waals surface area (Å²) in [6.45, 7) is 8.61. The molecule has 132 valence electrons. The quantitative estimate of drug-likeness (QED) is 0.843. The summed E-state index contributed by atoms with van der Waals surface area (Å²) < 4.78 is 1.54. The average molecular weight is 339 g/mol. The van der Waals surface area contributed by atoms with Crippen molar-refractivity contribution in [2.24, 2.45) is 7.05 Å². The summed E-state index contributed by atoms with van der Waals surface area (Å²) in [6, 6.07) is 10.3. The Bertz CT molecular complexity index is 862. The lowest BCUT2D eigenvalue weighted by Gasteiger charge is -2.36. The first-order valence-electron chi connectivity index (χ1n) is 8.66. The lowest BCUT2D eigenvalue weighted by Crippen LogP contribution is -2.50. The number of carbonyl (C=O) groups excluding carboxylic acids is 1. The van der Waals surface area contributed by atoms with Gasteiger partial charge in [0.2, 0.25) is 0 Å². The Morgan fingerprint density at radius 1 is 1.00 bits per heavy atom. The third-order valence-electron chi connectivity index (χ3n) is 5.01.